The smallest absolute Gasteiger partial charge is 0.253 e. The maximum Gasteiger partial charge on any atom is 0.253 e. The molecule has 0 aliphatic rings. The fourth-order valence-corrected chi connectivity index (χ4v) is 2.08. The van der Waals surface area contributed by atoms with Crippen LogP contribution in [0.2, 0.25) is 10.0 Å². The number of hydrogen-bond acceptors (Lipinski definition) is 2. The van der Waals surface area contributed by atoms with E-state index in [1.54, 1.807) is 12.1 Å². The molecule has 3 N–H and O–H groups in total. The molecule has 1 amide bonds. The summed E-state index contributed by atoms with van der Waals surface area (Å²) in [6.07, 6.45) is 0. The lowest BCUT2D eigenvalue weighted by Gasteiger charge is -2.09. The number of rotatable bonds is 3. The van der Waals surface area contributed by atoms with E-state index in [2.05, 4.69) is 5.32 Å². The first kappa shape index (κ1) is 14.6. The molecular weight excluding hydrogens is 302 g/mol. The van der Waals surface area contributed by atoms with Crippen molar-refractivity contribution in [3.8, 4) is 0 Å². The Morgan fingerprint density at radius 2 is 1.85 bits per heavy atom. The Labute approximate surface area is 125 Å². The van der Waals surface area contributed by atoms with E-state index in [9.17, 15) is 9.18 Å². The minimum Gasteiger partial charge on any atom is -0.399 e. The number of halogens is 3. The lowest BCUT2D eigenvalue weighted by Crippen LogP contribution is -2.23. The van der Waals surface area contributed by atoms with Crippen LogP contribution in [0.1, 0.15) is 15.9 Å². The molecule has 2 aromatic rings. The van der Waals surface area contributed by atoms with Gasteiger partial charge in [-0.2, -0.15) is 0 Å². The normalized spacial score (nSPS) is 10.3. The zero-order chi connectivity index (χ0) is 14.7. The van der Waals surface area contributed by atoms with Gasteiger partial charge in [0.2, 0.25) is 0 Å². The Bertz CT molecular complexity index is 644. The van der Waals surface area contributed by atoms with Gasteiger partial charge in [0, 0.05) is 12.2 Å². The predicted molar refractivity (Wildman–Crippen MR) is 78.4 cm³/mol. The molecule has 0 bridgehead atoms. The van der Waals surface area contributed by atoms with Gasteiger partial charge in [0.1, 0.15) is 5.82 Å². The van der Waals surface area contributed by atoms with Crippen LogP contribution >= 0.6 is 23.2 Å². The number of carbonyl (C=O) groups is 1. The monoisotopic (exact) mass is 312 g/mol. The van der Waals surface area contributed by atoms with Crippen molar-refractivity contribution in [1.29, 1.82) is 0 Å². The van der Waals surface area contributed by atoms with Crippen LogP contribution in [0.15, 0.2) is 36.4 Å². The van der Waals surface area contributed by atoms with Crippen LogP contribution in [-0.2, 0) is 6.54 Å². The summed E-state index contributed by atoms with van der Waals surface area (Å²) in [7, 11) is 0. The molecule has 104 valence electrons. The van der Waals surface area contributed by atoms with Crippen molar-refractivity contribution in [2.45, 2.75) is 6.54 Å². The van der Waals surface area contributed by atoms with Gasteiger partial charge < -0.3 is 11.1 Å². The van der Waals surface area contributed by atoms with Gasteiger partial charge in [0.15, 0.2) is 0 Å². The summed E-state index contributed by atoms with van der Waals surface area (Å²) in [6, 6.07) is 8.75. The summed E-state index contributed by atoms with van der Waals surface area (Å²) in [5.41, 5.74) is 6.95. The molecule has 0 fully saturated rings. The van der Waals surface area contributed by atoms with Gasteiger partial charge in [-0.25, -0.2) is 4.39 Å². The van der Waals surface area contributed by atoms with Crippen molar-refractivity contribution in [2.24, 2.45) is 0 Å². The Kier molecular flexibility index (Phi) is 4.47. The van der Waals surface area contributed by atoms with Crippen molar-refractivity contribution >= 4 is 34.8 Å². The number of carbonyl (C=O) groups excluding carboxylic acids is 1. The number of nitrogens with one attached hydrogen (secondary N) is 1. The molecule has 2 rings (SSSR count). The number of nitrogen functional groups attached to an aromatic ring is 1. The second kappa shape index (κ2) is 6.11. The third-order valence-corrected chi connectivity index (χ3v) is 3.46. The van der Waals surface area contributed by atoms with Crippen molar-refractivity contribution in [3.63, 3.8) is 0 Å². The fraction of sp³-hybridized carbons (Fsp3) is 0.0714. The van der Waals surface area contributed by atoms with Crippen LogP contribution in [0.5, 0.6) is 0 Å². The highest BCUT2D eigenvalue weighted by Crippen LogP contribution is 2.28. The second-order valence-corrected chi connectivity index (χ2v) is 4.96. The third-order valence-electron chi connectivity index (χ3n) is 2.66. The summed E-state index contributed by atoms with van der Waals surface area (Å²) < 4.78 is 12.8. The van der Waals surface area contributed by atoms with E-state index in [-0.39, 0.29) is 28.0 Å². The number of hydrogen-bond donors (Lipinski definition) is 2. The lowest BCUT2D eigenvalue weighted by molar-refractivity contribution is 0.0951. The molecule has 0 spiro atoms. The Morgan fingerprint density at radius 1 is 1.20 bits per heavy atom. The highest BCUT2D eigenvalue weighted by molar-refractivity contribution is 6.44. The highest BCUT2D eigenvalue weighted by atomic mass is 35.5. The van der Waals surface area contributed by atoms with Crippen LogP contribution in [0.3, 0.4) is 0 Å². The molecule has 3 nitrogen and oxygen atoms in total. The molecule has 0 heterocycles. The first-order valence-electron chi connectivity index (χ1n) is 5.74. The van der Waals surface area contributed by atoms with Crippen molar-refractivity contribution < 1.29 is 9.18 Å². The molecule has 0 atom stereocenters. The van der Waals surface area contributed by atoms with Crippen LogP contribution in [-0.4, -0.2) is 5.91 Å². The van der Waals surface area contributed by atoms with Crippen LogP contribution in [0.4, 0.5) is 10.1 Å². The summed E-state index contributed by atoms with van der Waals surface area (Å²) in [5, 5.41) is 3.04. The first-order chi connectivity index (χ1) is 9.47. The minimum absolute atomic E-state index is 0.150. The molecule has 0 aromatic heterocycles. The lowest BCUT2D eigenvalue weighted by atomic mass is 10.1. The Morgan fingerprint density at radius 3 is 2.50 bits per heavy atom. The number of nitrogens with two attached hydrogens (primary N) is 1. The van der Waals surface area contributed by atoms with E-state index < -0.39 is 5.91 Å². The fourth-order valence-electron chi connectivity index (χ4n) is 1.66. The maximum atomic E-state index is 12.8. The van der Waals surface area contributed by atoms with Crippen molar-refractivity contribution in [1.82, 2.24) is 5.32 Å². The van der Waals surface area contributed by atoms with E-state index in [4.69, 9.17) is 28.9 Å². The number of amides is 1. The zero-order valence-corrected chi connectivity index (χ0v) is 11.8. The molecule has 0 saturated heterocycles. The summed E-state index contributed by atoms with van der Waals surface area (Å²) in [4.78, 5) is 12.0. The highest BCUT2D eigenvalue weighted by Gasteiger charge is 2.13. The van der Waals surface area contributed by atoms with Gasteiger partial charge in [-0.3, -0.25) is 4.79 Å². The van der Waals surface area contributed by atoms with Gasteiger partial charge in [0.05, 0.1) is 15.6 Å². The SMILES string of the molecule is Nc1cc(Cl)c(Cl)c(C(=O)NCc2ccc(F)cc2)c1. The molecule has 0 aliphatic heterocycles. The summed E-state index contributed by atoms with van der Waals surface area (Å²) >= 11 is 11.8. The Hall–Kier alpha value is -1.78. The molecule has 20 heavy (non-hydrogen) atoms. The number of anilines is 1. The molecule has 0 saturated carbocycles. The van der Waals surface area contributed by atoms with Gasteiger partial charge in [-0.1, -0.05) is 35.3 Å². The van der Waals surface area contributed by atoms with E-state index in [1.165, 1.54) is 24.3 Å². The van der Waals surface area contributed by atoms with Crippen molar-refractivity contribution in [2.75, 3.05) is 5.73 Å². The Balaban J connectivity index is 2.11. The topological polar surface area (TPSA) is 55.1 Å². The standard InChI is InChI=1S/C14H11Cl2FN2O/c15-12-6-10(18)5-11(13(12)16)14(20)19-7-8-1-3-9(17)4-2-8/h1-6H,7,18H2,(H,19,20). The quantitative estimate of drug-likeness (QED) is 0.850. The average Bonchev–Trinajstić information content (AvgIpc) is 2.42. The molecule has 0 aliphatic carbocycles. The van der Waals surface area contributed by atoms with Gasteiger partial charge in [-0.15, -0.1) is 0 Å². The minimum atomic E-state index is -0.395. The molecule has 2 aromatic carbocycles. The first-order valence-corrected chi connectivity index (χ1v) is 6.50. The second-order valence-electron chi connectivity index (χ2n) is 4.17. The van der Waals surface area contributed by atoms with E-state index >= 15 is 0 Å². The maximum absolute atomic E-state index is 12.8. The van der Waals surface area contributed by atoms with E-state index in [0.29, 0.717) is 5.69 Å². The average molecular weight is 313 g/mol. The summed E-state index contributed by atoms with van der Waals surface area (Å²) in [6.45, 7) is 0.252. The van der Waals surface area contributed by atoms with Crippen LogP contribution in [0.25, 0.3) is 0 Å². The molecule has 0 radical (unpaired) electrons. The van der Waals surface area contributed by atoms with Gasteiger partial charge in [0.25, 0.3) is 5.91 Å². The largest absolute Gasteiger partial charge is 0.399 e. The number of benzene rings is 2. The summed E-state index contributed by atoms with van der Waals surface area (Å²) in [5.74, 6) is -0.723. The van der Waals surface area contributed by atoms with E-state index in [1.807, 2.05) is 0 Å². The van der Waals surface area contributed by atoms with Crippen LogP contribution in [0, 0.1) is 5.82 Å². The van der Waals surface area contributed by atoms with E-state index in [0.717, 1.165) is 5.56 Å². The van der Waals surface area contributed by atoms with Crippen molar-refractivity contribution in [3.05, 3.63) is 63.4 Å². The molecular formula is C14H11Cl2FN2O. The van der Waals surface area contributed by atoms with Gasteiger partial charge in [-0.05, 0) is 29.8 Å². The molecule has 0 unspecified atom stereocenters. The van der Waals surface area contributed by atoms with Gasteiger partial charge >= 0.3 is 0 Å². The molecule has 6 heteroatoms. The zero-order valence-electron chi connectivity index (χ0n) is 10.3. The van der Waals surface area contributed by atoms with Crippen LogP contribution < -0.4 is 11.1 Å². The predicted octanol–water partition coefficient (Wildman–Crippen LogP) is 3.64. The third kappa shape index (κ3) is 3.40.